The summed E-state index contributed by atoms with van der Waals surface area (Å²) in [5, 5.41) is 2.50. The molecular weight excluding hydrogens is 241 g/mol. The Bertz CT molecular complexity index is 381. The molecular formula is C8H5BrFNO2. The molecule has 1 aromatic rings. The largest absolute Gasteiger partial charge is 0.478 e. The highest BCUT2D eigenvalue weighted by Gasteiger charge is 2.20. The first kappa shape index (κ1) is 8.50. The highest BCUT2D eigenvalue weighted by Crippen LogP contribution is 2.34. The van der Waals surface area contributed by atoms with E-state index in [1.54, 1.807) is 6.07 Å². The van der Waals surface area contributed by atoms with Crippen molar-refractivity contribution < 1.29 is 13.9 Å². The molecule has 0 unspecified atom stereocenters. The van der Waals surface area contributed by atoms with Crippen LogP contribution in [0.5, 0.6) is 5.75 Å². The molecule has 0 radical (unpaired) electrons. The molecule has 0 bridgehead atoms. The van der Waals surface area contributed by atoms with Gasteiger partial charge in [-0.05, 0) is 28.1 Å². The second-order valence-corrected chi connectivity index (χ2v) is 3.43. The zero-order chi connectivity index (χ0) is 9.42. The zero-order valence-electron chi connectivity index (χ0n) is 6.43. The Morgan fingerprint density at radius 3 is 3.08 bits per heavy atom. The van der Waals surface area contributed by atoms with Gasteiger partial charge in [-0.3, -0.25) is 4.79 Å². The molecule has 13 heavy (non-hydrogen) atoms. The molecule has 0 saturated carbocycles. The minimum Gasteiger partial charge on any atom is -0.478 e. The van der Waals surface area contributed by atoms with E-state index in [2.05, 4.69) is 21.2 Å². The number of fused-ring (bicyclic) bond motifs is 1. The van der Waals surface area contributed by atoms with Crippen molar-refractivity contribution in [3.05, 3.63) is 22.4 Å². The standard InChI is InChI=1S/C8H5BrFNO2/c9-4-1-2-5-8(7(4)10)13-3-6(12)11-5/h1-2H,3H2,(H,11,12). The van der Waals surface area contributed by atoms with E-state index >= 15 is 0 Å². The lowest BCUT2D eigenvalue weighted by atomic mass is 10.2. The molecule has 0 aliphatic carbocycles. The molecule has 3 nitrogen and oxygen atoms in total. The summed E-state index contributed by atoms with van der Waals surface area (Å²) in [6.45, 7) is -0.139. The van der Waals surface area contributed by atoms with Crippen molar-refractivity contribution in [1.29, 1.82) is 0 Å². The quantitative estimate of drug-likeness (QED) is 0.759. The van der Waals surface area contributed by atoms with Crippen LogP contribution in [0, 0.1) is 5.82 Å². The van der Waals surface area contributed by atoms with Gasteiger partial charge >= 0.3 is 0 Å². The number of carbonyl (C=O) groups is 1. The Balaban J connectivity index is 2.53. The van der Waals surface area contributed by atoms with Gasteiger partial charge in [0.15, 0.2) is 18.2 Å². The van der Waals surface area contributed by atoms with Gasteiger partial charge in [-0.2, -0.15) is 0 Å². The first-order chi connectivity index (χ1) is 6.18. The summed E-state index contributed by atoms with van der Waals surface area (Å²) in [7, 11) is 0. The number of hydrogen-bond donors (Lipinski definition) is 1. The lowest BCUT2D eigenvalue weighted by Gasteiger charge is -2.18. The highest BCUT2D eigenvalue weighted by molar-refractivity contribution is 9.10. The molecule has 0 fully saturated rings. The molecule has 0 atom stereocenters. The van der Waals surface area contributed by atoms with E-state index in [-0.39, 0.29) is 18.3 Å². The van der Waals surface area contributed by atoms with Gasteiger partial charge in [-0.1, -0.05) is 0 Å². The van der Waals surface area contributed by atoms with E-state index in [1.165, 1.54) is 6.07 Å². The van der Waals surface area contributed by atoms with E-state index in [4.69, 9.17) is 4.74 Å². The van der Waals surface area contributed by atoms with Gasteiger partial charge < -0.3 is 10.1 Å². The molecule has 1 amide bonds. The van der Waals surface area contributed by atoms with Crippen molar-refractivity contribution in [2.24, 2.45) is 0 Å². The molecule has 68 valence electrons. The van der Waals surface area contributed by atoms with Crippen molar-refractivity contribution in [3.8, 4) is 5.75 Å². The van der Waals surface area contributed by atoms with E-state index in [0.29, 0.717) is 10.2 Å². The Kier molecular flexibility index (Phi) is 1.95. The number of hydrogen-bond acceptors (Lipinski definition) is 2. The summed E-state index contributed by atoms with van der Waals surface area (Å²) in [5.41, 5.74) is 0.372. The molecule has 0 aromatic heterocycles. The Hall–Kier alpha value is -1.10. The number of carbonyl (C=O) groups excluding carboxylic acids is 1. The van der Waals surface area contributed by atoms with Crippen LogP contribution < -0.4 is 10.1 Å². The van der Waals surface area contributed by atoms with Crippen molar-refractivity contribution in [2.75, 3.05) is 11.9 Å². The lowest BCUT2D eigenvalue weighted by Crippen LogP contribution is -2.25. The van der Waals surface area contributed by atoms with Crippen LogP contribution in [0.1, 0.15) is 0 Å². The molecule has 0 spiro atoms. The van der Waals surface area contributed by atoms with Crippen molar-refractivity contribution in [3.63, 3.8) is 0 Å². The van der Waals surface area contributed by atoms with E-state index < -0.39 is 5.82 Å². The molecule has 1 aliphatic heterocycles. The van der Waals surface area contributed by atoms with Gasteiger partial charge in [0.05, 0.1) is 10.2 Å². The fourth-order valence-electron chi connectivity index (χ4n) is 1.10. The maximum atomic E-state index is 13.3. The van der Waals surface area contributed by atoms with Crippen LogP contribution in [-0.4, -0.2) is 12.5 Å². The van der Waals surface area contributed by atoms with Gasteiger partial charge in [0.1, 0.15) is 0 Å². The predicted octanol–water partition coefficient (Wildman–Crippen LogP) is 1.92. The van der Waals surface area contributed by atoms with Gasteiger partial charge in [-0.25, -0.2) is 4.39 Å². The Labute approximate surface area is 82.0 Å². The highest BCUT2D eigenvalue weighted by atomic mass is 79.9. The summed E-state index contributed by atoms with van der Waals surface area (Å²) in [4.78, 5) is 10.9. The Morgan fingerprint density at radius 1 is 1.54 bits per heavy atom. The zero-order valence-corrected chi connectivity index (χ0v) is 8.02. The fourth-order valence-corrected chi connectivity index (χ4v) is 1.41. The van der Waals surface area contributed by atoms with Crippen LogP contribution >= 0.6 is 15.9 Å². The smallest absolute Gasteiger partial charge is 0.262 e. The normalized spacial score (nSPS) is 14.5. The summed E-state index contributed by atoms with van der Waals surface area (Å²) in [5.74, 6) is -0.666. The minimum atomic E-state index is -0.488. The van der Waals surface area contributed by atoms with Crippen LogP contribution in [-0.2, 0) is 4.79 Å². The molecule has 1 aromatic carbocycles. The topological polar surface area (TPSA) is 38.3 Å². The van der Waals surface area contributed by atoms with Crippen LogP contribution in [0.3, 0.4) is 0 Å². The van der Waals surface area contributed by atoms with Crippen LogP contribution in [0.25, 0.3) is 0 Å². The van der Waals surface area contributed by atoms with Crippen LogP contribution in [0.4, 0.5) is 10.1 Å². The van der Waals surface area contributed by atoms with E-state index in [0.717, 1.165) is 0 Å². The number of nitrogens with one attached hydrogen (secondary N) is 1. The van der Waals surface area contributed by atoms with E-state index in [9.17, 15) is 9.18 Å². The number of ether oxygens (including phenoxy) is 1. The molecule has 0 saturated heterocycles. The fraction of sp³-hybridized carbons (Fsp3) is 0.125. The number of amides is 1. The van der Waals surface area contributed by atoms with Crippen molar-refractivity contribution >= 4 is 27.5 Å². The summed E-state index contributed by atoms with van der Waals surface area (Å²) < 4.78 is 18.5. The molecule has 1 heterocycles. The number of benzene rings is 1. The van der Waals surface area contributed by atoms with Crippen molar-refractivity contribution in [1.82, 2.24) is 0 Å². The van der Waals surface area contributed by atoms with Crippen LogP contribution in [0.2, 0.25) is 0 Å². The first-order valence-electron chi connectivity index (χ1n) is 3.59. The third-order valence-electron chi connectivity index (χ3n) is 1.67. The minimum absolute atomic E-state index is 0.0916. The predicted molar refractivity (Wildman–Crippen MR) is 48.2 cm³/mol. The average Bonchev–Trinajstić information content (AvgIpc) is 2.12. The van der Waals surface area contributed by atoms with E-state index in [1.807, 2.05) is 0 Å². The summed E-state index contributed by atoms with van der Waals surface area (Å²) >= 11 is 3.02. The second-order valence-electron chi connectivity index (χ2n) is 2.57. The molecule has 2 rings (SSSR count). The third-order valence-corrected chi connectivity index (χ3v) is 2.28. The van der Waals surface area contributed by atoms with Crippen LogP contribution in [0.15, 0.2) is 16.6 Å². The SMILES string of the molecule is O=C1COc2c(ccc(Br)c2F)N1. The van der Waals surface area contributed by atoms with Gasteiger partial charge in [-0.15, -0.1) is 0 Å². The number of halogens is 2. The van der Waals surface area contributed by atoms with Gasteiger partial charge in [0.2, 0.25) is 0 Å². The number of anilines is 1. The molecule has 5 heteroatoms. The first-order valence-corrected chi connectivity index (χ1v) is 4.38. The summed E-state index contributed by atoms with van der Waals surface area (Å²) in [6, 6.07) is 3.10. The third kappa shape index (κ3) is 1.39. The lowest BCUT2D eigenvalue weighted by molar-refractivity contribution is -0.118. The molecule has 1 aliphatic rings. The van der Waals surface area contributed by atoms with Gasteiger partial charge in [0.25, 0.3) is 5.91 Å². The van der Waals surface area contributed by atoms with Gasteiger partial charge in [0, 0.05) is 0 Å². The summed E-state index contributed by atoms with van der Waals surface area (Å²) in [6.07, 6.45) is 0. The maximum Gasteiger partial charge on any atom is 0.262 e. The van der Waals surface area contributed by atoms with Crippen molar-refractivity contribution in [2.45, 2.75) is 0 Å². The monoisotopic (exact) mass is 245 g/mol. The molecule has 1 N–H and O–H groups in total. The second kappa shape index (κ2) is 2.99. The average molecular weight is 246 g/mol. The number of rotatable bonds is 0. The Morgan fingerprint density at radius 2 is 2.31 bits per heavy atom. The maximum absolute atomic E-state index is 13.3.